The molecular weight excluding hydrogens is 347 g/mol. The van der Waals surface area contributed by atoms with E-state index in [9.17, 15) is 4.79 Å². The van der Waals surface area contributed by atoms with Crippen LogP contribution in [0, 0.1) is 0 Å². The van der Waals surface area contributed by atoms with Gasteiger partial charge < -0.3 is 15.4 Å². The van der Waals surface area contributed by atoms with Gasteiger partial charge >= 0.3 is 6.03 Å². The summed E-state index contributed by atoms with van der Waals surface area (Å²) < 4.78 is 5.45. The highest BCUT2D eigenvalue weighted by atomic mass is 35.5. The molecule has 0 heterocycles. The number of hydrogen-bond acceptors (Lipinski definition) is 2. The number of hydrogen-bond donors (Lipinski definition) is 2. The van der Waals surface area contributed by atoms with Gasteiger partial charge in [-0.3, -0.25) is 0 Å². The lowest BCUT2D eigenvalue weighted by molar-refractivity contribution is 0.234. The lowest BCUT2D eigenvalue weighted by Crippen LogP contribution is -2.32. The summed E-state index contributed by atoms with van der Waals surface area (Å²) in [6, 6.07) is 10.6. The molecule has 2 aromatic rings. The number of urea groups is 1. The topological polar surface area (TPSA) is 50.4 Å². The maximum absolute atomic E-state index is 12.1. The van der Waals surface area contributed by atoms with Crippen molar-refractivity contribution < 1.29 is 9.53 Å². The Bertz CT molecular complexity index is 698. The molecule has 2 N–H and O–H groups in total. The molecule has 6 heteroatoms. The molecule has 2 amide bonds. The minimum atomic E-state index is -0.323. The number of para-hydroxylation sites is 1. The zero-order valence-electron chi connectivity index (χ0n) is 13.7. The molecule has 4 nitrogen and oxygen atoms in total. The third kappa shape index (κ3) is 4.79. The van der Waals surface area contributed by atoms with Crippen LogP contribution in [0.3, 0.4) is 0 Å². The first kappa shape index (κ1) is 18.4. The third-order valence-electron chi connectivity index (χ3n) is 3.59. The fourth-order valence-corrected chi connectivity index (χ4v) is 2.80. The molecule has 0 aliphatic rings. The second-order valence-corrected chi connectivity index (χ2v) is 6.00. The zero-order valence-corrected chi connectivity index (χ0v) is 15.2. The summed E-state index contributed by atoms with van der Waals surface area (Å²) in [7, 11) is 0. The van der Waals surface area contributed by atoms with Gasteiger partial charge in [0, 0.05) is 10.7 Å². The summed E-state index contributed by atoms with van der Waals surface area (Å²) in [4.78, 5) is 12.1. The summed E-state index contributed by atoms with van der Waals surface area (Å²) in [5, 5.41) is 6.49. The van der Waals surface area contributed by atoms with Gasteiger partial charge in [-0.25, -0.2) is 4.79 Å². The summed E-state index contributed by atoms with van der Waals surface area (Å²) in [6.07, 6.45) is 1.70. The van der Waals surface area contributed by atoms with Gasteiger partial charge in [0.05, 0.1) is 5.02 Å². The van der Waals surface area contributed by atoms with Crippen molar-refractivity contribution in [1.29, 1.82) is 0 Å². The molecule has 0 saturated heterocycles. The SMILES string of the molecule is CCc1cccc(CC)c1NC(=O)NCOc1ccc(Cl)cc1Cl. The van der Waals surface area contributed by atoms with Crippen molar-refractivity contribution in [3.8, 4) is 5.75 Å². The average Bonchev–Trinajstić information content (AvgIpc) is 2.57. The maximum atomic E-state index is 12.1. The van der Waals surface area contributed by atoms with Gasteiger partial charge in [0.2, 0.25) is 0 Å². The van der Waals surface area contributed by atoms with Crippen molar-refractivity contribution in [2.45, 2.75) is 26.7 Å². The van der Waals surface area contributed by atoms with E-state index in [4.69, 9.17) is 27.9 Å². The number of benzene rings is 2. The Morgan fingerprint density at radius 2 is 1.75 bits per heavy atom. The molecule has 0 spiro atoms. The zero-order chi connectivity index (χ0) is 17.5. The second kappa shape index (κ2) is 8.81. The summed E-state index contributed by atoms with van der Waals surface area (Å²) in [5.74, 6) is 0.463. The molecule has 0 fully saturated rings. The van der Waals surface area contributed by atoms with E-state index in [0.717, 1.165) is 29.7 Å². The smallest absolute Gasteiger partial charge is 0.321 e. The number of ether oxygens (including phenoxy) is 1. The number of anilines is 1. The Morgan fingerprint density at radius 3 is 2.33 bits per heavy atom. The van der Waals surface area contributed by atoms with E-state index < -0.39 is 0 Å². The Balaban J connectivity index is 1.94. The van der Waals surface area contributed by atoms with E-state index in [1.54, 1.807) is 18.2 Å². The number of carbonyl (C=O) groups is 1. The molecule has 24 heavy (non-hydrogen) atoms. The fraction of sp³-hybridized carbons (Fsp3) is 0.278. The number of aryl methyl sites for hydroxylation is 2. The Labute approximate surface area is 152 Å². The highest BCUT2D eigenvalue weighted by Gasteiger charge is 2.10. The molecule has 0 unspecified atom stereocenters. The monoisotopic (exact) mass is 366 g/mol. The standard InChI is InChI=1S/C18H20Cl2N2O2/c1-3-12-6-5-7-13(4-2)17(12)22-18(23)21-11-24-16-9-8-14(19)10-15(16)20/h5-10H,3-4,11H2,1-2H3,(H2,21,22,23). The van der Waals surface area contributed by atoms with Gasteiger partial charge in [0.1, 0.15) is 5.75 Å². The van der Waals surface area contributed by atoms with Crippen molar-refractivity contribution >= 4 is 34.9 Å². The Morgan fingerprint density at radius 1 is 1.08 bits per heavy atom. The Kier molecular flexibility index (Phi) is 6.76. The van der Waals surface area contributed by atoms with E-state index in [-0.39, 0.29) is 12.8 Å². The lowest BCUT2D eigenvalue weighted by Gasteiger charge is -2.15. The summed E-state index contributed by atoms with van der Waals surface area (Å²) >= 11 is 11.8. The normalized spacial score (nSPS) is 10.3. The minimum Gasteiger partial charge on any atom is -0.472 e. The molecule has 128 valence electrons. The van der Waals surface area contributed by atoms with Gasteiger partial charge in [-0.05, 0) is 42.2 Å². The van der Waals surface area contributed by atoms with Gasteiger partial charge in [-0.2, -0.15) is 0 Å². The van der Waals surface area contributed by atoms with Gasteiger partial charge in [0.25, 0.3) is 0 Å². The average molecular weight is 367 g/mol. The first-order chi connectivity index (χ1) is 11.5. The van der Waals surface area contributed by atoms with Gasteiger partial charge in [0.15, 0.2) is 6.73 Å². The van der Waals surface area contributed by atoms with Crippen LogP contribution in [-0.2, 0) is 12.8 Å². The van der Waals surface area contributed by atoms with Crippen molar-refractivity contribution in [3.05, 3.63) is 57.6 Å². The summed E-state index contributed by atoms with van der Waals surface area (Å²) in [6.45, 7) is 4.12. The lowest BCUT2D eigenvalue weighted by atomic mass is 10.0. The first-order valence-corrected chi connectivity index (χ1v) is 8.54. The fourth-order valence-electron chi connectivity index (χ4n) is 2.33. The molecule has 0 aliphatic carbocycles. The van der Waals surface area contributed by atoms with Crippen LogP contribution < -0.4 is 15.4 Å². The number of amides is 2. The maximum Gasteiger partial charge on any atom is 0.321 e. The van der Waals surface area contributed by atoms with E-state index in [2.05, 4.69) is 24.5 Å². The second-order valence-electron chi connectivity index (χ2n) is 5.15. The minimum absolute atomic E-state index is 0.00291. The molecule has 0 atom stereocenters. The summed E-state index contributed by atoms with van der Waals surface area (Å²) in [5.41, 5.74) is 3.07. The highest BCUT2D eigenvalue weighted by Crippen LogP contribution is 2.27. The number of halogens is 2. The molecular formula is C18H20Cl2N2O2. The van der Waals surface area contributed by atoms with Crippen LogP contribution >= 0.6 is 23.2 Å². The van der Waals surface area contributed by atoms with Crippen LogP contribution in [0.25, 0.3) is 0 Å². The van der Waals surface area contributed by atoms with E-state index in [1.165, 1.54) is 0 Å². The van der Waals surface area contributed by atoms with Crippen LogP contribution in [-0.4, -0.2) is 12.8 Å². The molecule has 0 aliphatic heterocycles. The van der Waals surface area contributed by atoms with Crippen molar-refractivity contribution in [2.24, 2.45) is 0 Å². The van der Waals surface area contributed by atoms with Crippen molar-refractivity contribution in [2.75, 3.05) is 12.0 Å². The van der Waals surface area contributed by atoms with E-state index >= 15 is 0 Å². The number of nitrogens with one attached hydrogen (secondary N) is 2. The molecule has 2 rings (SSSR count). The molecule has 0 bridgehead atoms. The molecule has 2 aromatic carbocycles. The van der Waals surface area contributed by atoms with Crippen LogP contribution in [0.15, 0.2) is 36.4 Å². The predicted octanol–water partition coefficient (Wildman–Crippen LogP) is 5.28. The van der Waals surface area contributed by atoms with E-state index in [1.807, 2.05) is 18.2 Å². The number of carbonyl (C=O) groups excluding carboxylic acids is 1. The van der Waals surface area contributed by atoms with Crippen molar-refractivity contribution in [3.63, 3.8) is 0 Å². The highest BCUT2D eigenvalue weighted by molar-refractivity contribution is 6.35. The largest absolute Gasteiger partial charge is 0.472 e. The van der Waals surface area contributed by atoms with Crippen molar-refractivity contribution in [1.82, 2.24) is 5.32 Å². The van der Waals surface area contributed by atoms with Crippen LogP contribution in [0.1, 0.15) is 25.0 Å². The van der Waals surface area contributed by atoms with Crippen LogP contribution in [0.4, 0.5) is 10.5 Å². The number of rotatable bonds is 6. The molecule has 0 saturated carbocycles. The van der Waals surface area contributed by atoms with Crippen LogP contribution in [0.5, 0.6) is 5.75 Å². The predicted molar refractivity (Wildman–Crippen MR) is 99.3 cm³/mol. The Hall–Kier alpha value is -1.91. The van der Waals surface area contributed by atoms with E-state index in [0.29, 0.717) is 15.8 Å². The van der Waals surface area contributed by atoms with Crippen LogP contribution in [0.2, 0.25) is 10.0 Å². The molecule has 0 radical (unpaired) electrons. The third-order valence-corrected chi connectivity index (χ3v) is 4.12. The molecule has 0 aromatic heterocycles. The first-order valence-electron chi connectivity index (χ1n) is 7.78. The van der Waals surface area contributed by atoms with Gasteiger partial charge in [-0.1, -0.05) is 55.2 Å². The quantitative estimate of drug-likeness (QED) is 0.683. The van der Waals surface area contributed by atoms with Gasteiger partial charge in [-0.15, -0.1) is 0 Å².